The van der Waals surface area contributed by atoms with Crippen LogP contribution in [-0.4, -0.2) is 13.2 Å². The van der Waals surface area contributed by atoms with E-state index in [1.807, 2.05) is 12.1 Å². The first kappa shape index (κ1) is 9.99. The Bertz CT molecular complexity index is 340. The van der Waals surface area contributed by atoms with Crippen molar-refractivity contribution in [1.29, 1.82) is 0 Å². The van der Waals surface area contributed by atoms with Gasteiger partial charge in [-0.05, 0) is 36.2 Å². The third-order valence-corrected chi connectivity index (χ3v) is 3.42. The molecule has 0 bridgehead atoms. The molecular formula is C11H14BrNO. The molecular weight excluding hydrogens is 242 g/mol. The number of halogens is 1. The van der Waals surface area contributed by atoms with Gasteiger partial charge in [0.15, 0.2) is 0 Å². The molecule has 0 radical (unpaired) electrons. The molecule has 1 aromatic rings. The first-order valence-corrected chi connectivity index (χ1v) is 5.64. The van der Waals surface area contributed by atoms with Crippen LogP contribution in [0.3, 0.4) is 0 Å². The fourth-order valence-electron chi connectivity index (χ4n) is 1.87. The predicted molar refractivity (Wildman–Crippen MR) is 60.6 cm³/mol. The van der Waals surface area contributed by atoms with E-state index in [2.05, 4.69) is 28.9 Å². The second kappa shape index (κ2) is 3.91. The Kier molecular flexibility index (Phi) is 2.79. The van der Waals surface area contributed by atoms with Crippen molar-refractivity contribution in [3.63, 3.8) is 0 Å². The van der Waals surface area contributed by atoms with Crippen LogP contribution in [0.4, 0.5) is 0 Å². The van der Waals surface area contributed by atoms with Gasteiger partial charge in [0.05, 0.1) is 6.61 Å². The largest absolute Gasteiger partial charge is 0.493 e. The van der Waals surface area contributed by atoms with Gasteiger partial charge in [-0.1, -0.05) is 22.9 Å². The molecule has 76 valence electrons. The van der Waals surface area contributed by atoms with Crippen LogP contribution >= 0.6 is 15.9 Å². The highest BCUT2D eigenvalue weighted by atomic mass is 79.9. The van der Waals surface area contributed by atoms with Crippen molar-refractivity contribution in [2.45, 2.75) is 12.8 Å². The van der Waals surface area contributed by atoms with Crippen molar-refractivity contribution in [3.05, 3.63) is 28.2 Å². The van der Waals surface area contributed by atoms with E-state index < -0.39 is 0 Å². The van der Waals surface area contributed by atoms with Gasteiger partial charge >= 0.3 is 0 Å². The minimum atomic E-state index is 0.441. The second-order valence-electron chi connectivity index (χ2n) is 3.78. The van der Waals surface area contributed by atoms with Crippen molar-refractivity contribution < 1.29 is 4.74 Å². The SMILES string of the molecule is CC1c2cc(Br)ccc2OCC1CN. The van der Waals surface area contributed by atoms with Crippen LogP contribution < -0.4 is 10.5 Å². The van der Waals surface area contributed by atoms with Gasteiger partial charge in [0.25, 0.3) is 0 Å². The van der Waals surface area contributed by atoms with E-state index in [9.17, 15) is 0 Å². The molecule has 1 aliphatic heterocycles. The summed E-state index contributed by atoms with van der Waals surface area (Å²) in [6.45, 7) is 3.64. The first-order valence-electron chi connectivity index (χ1n) is 4.84. The molecule has 3 heteroatoms. The standard InChI is InChI=1S/C11H14BrNO/c1-7-8(5-13)6-14-11-3-2-9(12)4-10(7)11/h2-4,7-8H,5-6,13H2,1H3. The monoisotopic (exact) mass is 255 g/mol. The molecule has 2 atom stereocenters. The Morgan fingerprint density at radius 1 is 1.57 bits per heavy atom. The third kappa shape index (κ3) is 1.66. The predicted octanol–water partition coefficient (Wildman–Crippen LogP) is 2.52. The van der Waals surface area contributed by atoms with Crippen LogP contribution in [0, 0.1) is 5.92 Å². The summed E-state index contributed by atoms with van der Waals surface area (Å²) < 4.78 is 6.75. The summed E-state index contributed by atoms with van der Waals surface area (Å²) in [5.74, 6) is 1.93. The fourth-order valence-corrected chi connectivity index (χ4v) is 2.25. The van der Waals surface area contributed by atoms with Crippen molar-refractivity contribution in [2.24, 2.45) is 11.7 Å². The number of hydrogen-bond acceptors (Lipinski definition) is 2. The molecule has 14 heavy (non-hydrogen) atoms. The Morgan fingerprint density at radius 3 is 3.07 bits per heavy atom. The lowest BCUT2D eigenvalue weighted by atomic mass is 9.86. The number of fused-ring (bicyclic) bond motifs is 1. The van der Waals surface area contributed by atoms with Gasteiger partial charge in [-0.2, -0.15) is 0 Å². The molecule has 0 aliphatic carbocycles. The van der Waals surface area contributed by atoms with Gasteiger partial charge in [0.1, 0.15) is 5.75 Å². The van der Waals surface area contributed by atoms with Gasteiger partial charge in [-0.3, -0.25) is 0 Å². The summed E-state index contributed by atoms with van der Waals surface area (Å²) in [5.41, 5.74) is 6.96. The third-order valence-electron chi connectivity index (χ3n) is 2.93. The molecule has 2 nitrogen and oxygen atoms in total. The van der Waals surface area contributed by atoms with E-state index in [0.717, 1.165) is 16.8 Å². The van der Waals surface area contributed by atoms with E-state index in [0.29, 0.717) is 18.4 Å². The average molecular weight is 256 g/mol. The zero-order valence-electron chi connectivity index (χ0n) is 8.16. The van der Waals surface area contributed by atoms with E-state index in [-0.39, 0.29) is 0 Å². The zero-order valence-corrected chi connectivity index (χ0v) is 9.75. The molecule has 1 heterocycles. The molecule has 1 aromatic carbocycles. The highest BCUT2D eigenvalue weighted by Crippen LogP contribution is 2.37. The number of rotatable bonds is 1. The van der Waals surface area contributed by atoms with Crippen molar-refractivity contribution in [2.75, 3.05) is 13.2 Å². The summed E-state index contributed by atoms with van der Waals surface area (Å²) >= 11 is 3.47. The van der Waals surface area contributed by atoms with E-state index in [1.54, 1.807) is 0 Å². The van der Waals surface area contributed by atoms with Crippen LogP contribution in [0.2, 0.25) is 0 Å². The summed E-state index contributed by atoms with van der Waals surface area (Å²) in [6.07, 6.45) is 0. The maximum absolute atomic E-state index is 5.70. The van der Waals surface area contributed by atoms with E-state index in [4.69, 9.17) is 10.5 Å². The van der Waals surface area contributed by atoms with Crippen LogP contribution in [0.25, 0.3) is 0 Å². The Morgan fingerprint density at radius 2 is 2.36 bits per heavy atom. The number of benzene rings is 1. The molecule has 0 saturated heterocycles. The fraction of sp³-hybridized carbons (Fsp3) is 0.455. The highest BCUT2D eigenvalue weighted by molar-refractivity contribution is 9.10. The lowest BCUT2D eigenvalue weighted by molar-refractivity contribution is 0.203. The smallest absolute Gasteiger partial charge is 0.122 e. The van der Waals surface area contributed by atoms with E-state index in [1.165, 1.54) is 5.56 Å². The molecule has 0 aromatic heterocycles. The van der Waals surface area contributed by atoms with Gasteiger partial charge in [-0.15, -0.1) is 0 Å². The van der Waals surface area contributed by atoms with Crippen LogP contribution in [-0.2, 0) is 0 Å². The Balaban J connectivity index is 2.38. The zero-order chi connectivity index (χ0) is 10.1. The van der Waals surface area contributed by atoms with Gasteiger partial charge in [-0.25, -0.2) is 0 Å². The first-order chi connectivity index (χ1) is 6.72. The second-order valence-corrected chi connectivity index (χ2v) is 4.69. The number of nitrogens with two attached hydrogens (primary N) is 1. The minimum Gasteiger partial charge on any atom is -0.493 e. The molecule has 2 N–H and O–H groups in total. The Labute approximate surface area is 92.6 Å². The molecule has 2 unspecified atom stereocenters. The van der Waals surface area contributed by atoms with Crippen LogP contribution in [0.5, 0.6) is 5.75 Å². The molecule has 1 aliphatic rings. The number of ether oxygens (including phenoxy) is 1. The quantitative estimate of drug-likeness (QED) is 0.837. The highest BCUT2D eigenvalue weighted by Gasteiger charge is 2.26. The topological polar surface area (TPSA) is 35.2 Å². The molecule has 0 fully saturated rings. The van der Waals surface area contributed by atoms with Crippen LogP contribution in [0.1, 0.15) is 18.4 Å². The van der Waals surface area contributed by atoms with Gasteiger partial charge < -0.3 is 10.5 Å². The average Bonchev–Trinajstić information content (AvgIpc) is 2.20. The van der Waals surface area contributed by atoms with Gasteiger partial charge in [0, 0.05) is 10.4 Å². The molecule has 0 saturated carbocycles. The van der Waals surface area contributed by atoms with E-state index >= 15 is 0 Å². The maximum Gasteiger partial charge on any atom is 0.122 e. The Hall–Kier alpha value is -0.540. The lowest BCUT2D eigenvalue weighted by Crippen LogP contribution is -2.30. The maximum atomic E-state index is 5.70. The summed E-state index contributed by atoms with van der Waals surface area (Å²) in [4.78, 5) is 0. The van der Waals surface area contributed by atoms with Crippen molar-refractivity contribution in [1.82, 2.24) is 0 Å². The molecule has 0 spiro atoms. The normalized spacial score (nSPS) is 25.4. The molecule has 2 rings (SSSR count). The van der Waals surface area contributed by atoms with Crippen LogP contribution in [0.15, 0.2) is 22.7 Å². The number of hydrogen-bond donors (Lipinski definition) is 1. The minimum absolute atomic E-state index is 0.441. The summed E-state index contributed by atoms with van der Waals surface area (Å²) in [7, 11) is 0. The van der Waals surface area contributed by atoms with Crippen molar-refractivity contribution >= 4 is 15.9 Å². The molecule has 0 amide bonds. The summed E-state index contributed by atoms with van der Waals surface area (Å²) in [6, 6.07) is 6.15. The van der Waals surface area contributed by atoms with Gasteiger partial charge in [0.2, 0.25) is 0 Å². The van der Waals surface area contributed by atoms with Crippen molar-refractivity contribution in [3.8, 4) is 5.75 Å². The summed E-state index contributed by atoms with van der Waals surface area (Å²) in [5, 5.41) is 0. The lowest BCUT2D eigenvalue weighted by Gasteiger charge is -2.30.